The number of aromatic nitrogens is 3. The van der Waals surface area contributed by atoms with Crippen LogP contribution in [0.4, 0.5) is 5.13 Å². The minimum absolute atomic E-state index is 0.220. The lowest BCUT2D eigenvalue weighted by atomic mass is 10.0. The molecule has 0 atom stereocenters. The summed E-state index contributed by atoms with van der Waals surface area (Å²) >= 11 is 1.51. The molecular formula is C20H16N4OS. The molecule has 0 saturated heterocycles. The van der Waals surface area contributed by atoms with E-state index in [9.17, 15) is 4.79 Å². The topological polar surface area (TPSA) is 59.8 Å². The maximum atomic E-state index is 12.5. The van der Waals surface area contributed by atoms with Crippen LogP contribution in [0.15, 0.2) is 48.7 Å². The van der Waals surface area contributed by atoms with Gasteiger partial charge in [-0.15, -0.1) is 0 Å². The van der Waals surface area contributed by atoms with Crippen LogP contribution in [0.3, 0.4) is 0 Å². The van der Waals surface area contributed by atoms with Gasteiger partial charge >= 0.3 is 0 Å². The number of hydrogen-bond acceptors (Lipinski definition) is 4. The lowest BCUT2D eigenvalue weighted by Crippen LogP contribution is -2.13. The van der Waals surface area contributed by atoms with E-state index in [0.717, 1.165) is 16.1 Å². The molecule has 2 heterocycles. The van der Waals surface area contributed by atoms with Crippen molar-refractivity contribution in [1.82, 2.24) is 14.8 Å². The fourth-order valence-corrected chi connectivity index (χ4v) is 4.38. The molecule has 128 valence electrons. The Labute approximate surface area is 154 Å². The summed E-state index contributed by atoms with van der Waals surface area (Å²) in [6, 6.07) is 14.5. The van der Waals surface area contributed by atoms with Gasteiger partial charge in [-0.2, -0.15) is 5.10 Å². The van der Waals surface area contributed by atoms with Crippen molar-refractivity contribution < 1.29 is 4.79 Å². The van der Waals surface area contributed by atoms with E-state index in [2.05, 4.69) is 45.7 Å². The van der Waals surface area contributed by atoms with E-state index >= 15 is 0 Å². The van der Waals surface area contributed by atoms with Crippen LogP contribution in [0, 0.1) is 0 Å². The van der Waals surface area contributed by atoms with E-state index in [-0.39, 0.29) is 11.9 Å². The van der Waals surface area contributed by atoms with Crippen molar-refractivity contribution in [2.75, 3.05) is 5.32 Å². The first kappa shape index (κ1) is 15.3. The lowest BCUT2D eigenvalue weighted by Gasteiger charge is -2.04. The third kappa shape index (κ3) is 2.19. The zero-order chi connectivity index (χ0) is 17.8. The molecule has 1 amide bonds. The van der Waals surface area contributed by atoms with Gasteiger partial charge < -0.3 is 0 Å². The summed E-state index contributed by atoms with van der Waals surface area (Å²) in [5, 5.41) is 10.3. The predicted molar refractivity (Wildman–Crippen MR) is 105 cm³/mol. The van der Waals surface area contributed by atoms with Crippen LogP contribution < -0.4 is 5.32 Å². The number of fused-ring (bicyclic) bond motifs is 3. The second-order valence-electron chi connectivity index (χ2n) is 6.63. The molecule has 6 heteroatoms. The minimum atomic E-state index is -0.233. The van der Waals surface area contributed by atoms with Crippen LogP contribution in [0.2, 0.25) is 0 Å². The number of benzene rings is 2. The molecule has 0 bridgehead atoms. The number of hydrogen-bond donors (Lipinski definition) is 1. The fourth-order valence-electron chi connectivity index (χ4n) is 3.37. The number of thiazole rings is 1. The zero-order valence-corrected chi connectivity index (χ0v) is 15.2. The molecule has 2 aromatic carbocycles. The van der Waals surface area contributed by atoms with Gasteiger partial charge in [0.1, 0.15) is 0 Å². The van der Waals surface area contributed by atoms with Crippen molar-refractivity contribution >= 4 is 33.1 Å². The molecule has 1 aliphatic carbocycles. The molecule has 0 radical (unpaired) electrons. The molecule has 1 aliphatic rings. The van der Waals surface area contributed by atoms with E-state index in [1.807, 2.05) is 26.1 Å². The van der Waals surface area contributed by atoms with Crippen LogP contribution in [-0.2, 0) is 0 Å². The van der Waals surface area contributed by atoms with Crippen molar-refractivity contribution in [3.63, 3.8) is 0 Å². The van der Waals surface area contributed by atoms with Crippen molar-refractivity contribution in [3.8, 4) is 21.7 Å². The summed E-state index contributed by atoms with van der Waals surface area (Å²) in [4.78, 5) is 18.3. The van der Waals surface area contributed by atoms with Gasteiger partial charge in [-0.3, -0.25) is 14.8 Å². The van der Waals surface area contributed by atoms with E-state index < -0.39 is 0 Å². The van der Waals surface area contributed by atoms with Gasteiger partial charge in [-0.25, -0.2) is 4.98 Å². The molecule has 5 rings (SSSR count). The van der Waals surface area contributed by atoms with E-state index in [1.54, 1.807) is 10.7 Å². The Morgan fingerprint density at radius 2 is 1.88 bits per heavy atom. The van der Waals surface area contributed by atoms with E-state index in [1.165, 1.54) is 27.7 Å². The summed E-state index contributed by atoms with van der Waals surface area (Å²) in [7, 11) is 0. The van der Waals surface area contributed by atoms with Gasteiger partial charge in [0.05, 0.1) is 10.6 Å². The van der Waals surface area contributed by atoms with Crippen LogP contribution in [-0.4, -0.2) is 20.7 Å². The Bertz CT molecular complexity index is 1120. The van der Waals surface area contributed by atoms with Gasteiger partial charge in [0.2, 0.25) is 0 Å². The molecule has 26 heavy (non-hydrogen) atoms. The molecule has 0 fully saturated rings. The summed E-state index contributed by atoms with van der Waals surface area (Å²) < 4.78 is 1.77. The number of anilines is 1. The maximum Gasteiger partial charge on any atom is 0.277 e. The van der Waals surface area contributed by atoms with E-state index in [4.69, 9.17) is 0 Å². The van der Waals surface area contributed by atoms with Crippen LogP contribution in [0.1, 0.15) is 30.4 Å². The van der Waals surface area contributed by atoms with E-state index in [0.29, 0.717) is 10.8 Å². The van der Waals surface area contributed by atoms with Crippen molar-refractivity contribution in [3.05, 3.63) is 54.4 Å². The predicted octanol–water partition coefficient (Wildman–Crippen LogP) is 4.97. The van der Waals surface area contributed by atoms with Gasteiger partial charge in [0, 0.05) is 23.4 Å². The summed E-state index contributed by atoms with van der Waals surface area (Å²) in [5.74, 6) is -0.233. The molecule has 0 spiro atoms. The first-order chi connectivity index (χ1) is 12.6. The number of carbonyl (C=O) groups is 1. The molecular weight excluding hydrogens is 344 g/mol. The van der Waals surface area contributed by atoms with Crippen LogP contribution in [0.5, 0.6) is 0 Å². The zero-order valence-electron chi connectivity index (χ0n) is 14.4. The average molecular weight is 360 g/mol. The number of carbonyl (C=O) groups excluding carboxylic acids is 1. The highest BCUT2D eigenvalue weighted by Crippen LogP contribution is 2.50. The van der Waals surface area contributed by atoms with Crippen LogP contribution >= 0.6 is 11.3 Å². The standard InChI is InChI=1S/C20H16N4OS/c1-11(2)24-10-9-15(23-24)19(25)22-20-21-17-13-7-3-5-12-6-4-8-14(16(12)13)18(17)26-20/h3-11H,1-2H3,(H,21,22,25). The molecule has 0 unspecified atom stereocenters. The van der Waals surface area contributed by atoms with Crippen molar-refractivity contribution in [2.45, 2.75) is 19.9 Å². The number of amides is 1. The SMILES string of the molecule is CC(C)n1ccc(C(=O)Nc2nc3c(s2)-c2cccc4cccc-3c24)n1. The molecule has 1 N–H and O–H groups in total. The van der Waals surface area contributed by atoms with Crippen molar-refractivity contribution in [2.24, 2.45) is 0 Å². The fraction of sp³-hybridized carbons (Fsp3) is 0.150. The Hall–Kier alpha value is -2.99. The lowest BCUT2D eigenvalue weighted by molar-refractivity contribution is 0.102. The quantitative estimate of drug-likeness (QED) is 0.494. The average Bonchev–Trinajstić information content (AvgIpc) is 3.33. The highest BCUT2D eigenvalue weighted by atomic mass is 32.1. The normalized spacial score (nSPS) is 12.0. The number of rotatable bonds is 3. The van der Waals surface area contributed by atoms with Gasteiger partial charge in [-0.1, -0.05) is 47.7 Å². The first-order valence-corrected chi connectivity index (χ1v) is 9.33. The van der Waals surface area contributed by atoms with Gasteiger partial charge in [-0.05, 0) is 30.7 Å². The smallest absolute Gasteiger partial charge is 0.277 e. The monoisotopic (exact) mass is 360 g/mol. The second kappa shape index (κ2) is 5.51. The summed E-state index contributed by atoms with van der Waals surface area (Å²) in [5.41, 5.74) is 3.67. The number of nitrogens with one attached hydrogen (secondary N) is 1. The summed E-state index contributed by atoms with van der Waals surface area (Å²) in [6.45, 7) is 4.05. The Morgan fingerprint density at radius 1 is 1.12 bits per heavy atom. The minimum Gasteiger partial charge on any atom is -0.296 e. The third-order valence-corrected chi connectivity index (χ3v) is 5.63. The molecule has 0 aliphatic heterocycles. The molecule has 2 aromatic heterocycles. The summed E-state index contributed by atoms with van der Waals surface area (Å²) in [6.07, 6.45) is 1.82. The van der Waals surface area contributed by atoms with Gasteiger partial charge in [0.15, 0.2) is 10.8 Å². The van der Waals surface area contributed by atoms with Crippen molar-refractivity contribution in [1.29, 1.82) is 0 Å². The molecule has 4 aromatic rings. The third-order valence-electron chi connectivity index (χ3n) is 4.62. The maximum absolute atomic E-state index is 12.5. The first-order valence-electron chi connectivity index (χ1n) is 8.51. The number of nitrogens with zero attached hydrogens (tertiary/aromatic N) is 3. The Balaban J connectivity index is 1.49. The Kier molecular flexibility index (Phi) is 3.24. The highest BCUT2D eigenvalue weighted by Gasteiger charge is 2.26. The van der Waals surface area contributed by atoms with Crippen LogP contribution in [0.25, 0.3) is 32.5 Å². The Morgan fingerprint density at radius 3 is 2.62 bits per heavy atom. The molecule has 0 saturated carbocycles. The highest BCUT2D eigenvalue weighted by molar-refractivity contribution is 7.20. The second-order valence-corrected chi connectivity index (χ2v) is 7.63. The largest absolute Gasteiger partial charge is 0.296 e. The molecule has 5 nitrogen and oxygen atoms in total. The van der Waals surface area contributed by atoms with Gasteiger partial charge in [0.25, 0.3) is 5.91 Å².